The van der Waals surface area contributed by atoms with Crippen molar-refractivity contribution in [2.45, 2.75) is 20.8 Å². The van der Waals surface area contributed by atoms with Crippen LogP contribution in [0.4, 0.5) is 11.4 Å². The summed E-state index contributed by atoms with van der Waals surface area (Å²) in [6, 6.07) is 19.9. The molecule has 6 nitrogen and oxygen atoms in total. The average molecular weight is 425 g/mol. The summed E-state index contributed by atoms with van der Waals surface area (Å²) < 4.78 is 1.33. The average Bonchev–Trinajstić information content (AvgIpc) is 2.76. The predicted octanol–water partition coefficient (Wildman–Crippen LogP) is 5.02. The molecule has 0 spiro atoms. The fourth-order valence-corrected chi connectivity index (χ4v) is 3.74. The summed E-state index contributed by atoms with van der Waals surface area (Å²) in [5.74, 6) is -0.314. The van der Waals surface area contributed by atoms with Crippen LogP contribution in [0, 0.1) is 13.8 Å². The maximum Gasteiger partial charge on any atom is 0.265 e. The van der Waals surface area contributed by atoms with Crippen LogP contribution in [0.2, 0.25) is 0 Å². The van der Waals surface area contributed by atoms with Crippen molar-refractivity contribution >= 4 is 34.3 Å². The van der Waals surface area contributed by atoms with E-state index in [1.54, 1.807) is 48.7 Å². The monoisotopic (exact) mass is 425 g/mol. The minimum absolute atomic E-state index is 0.147. The lowest BCUT2D eigenvalue weighted by Gasteiger charge is -2.16. The molecule has 1 heterocycles. The Labute approximate surface area is 185 Å². The fourth-order valence-electron chi connectivity index (χ4n) is 3.74. The highest BCUT2D eigenvalue weighted by atomic mass is 16.3. The molecule has 0 aliphatic carbocycles. The number of benzene rings is 3. The van der Waals surface area contributed by atoms with Crippen molar-refractivity contribution in [3.63, 3.8) is 0 Å². The van der Waals surface area contributed by atoms with Crippen LogP contribution in [0.3, 0.4) is 0 Å². The van der Waals surface area contributed by atoms with Crippen molar-refractivity contribution in [3.8, 4) is 11.6 Å². The molecule has 0 bridgehead atoms. The standard InChI is InChI=1S/C26H23N3O3/c1-16-8-13-24(17(2)14-16)29-25(31)22-7-5-4-6-21(22)23(26(29)32)15-27-19-9-11-20(12-10-19)28-18(3)30/h4-15,32H,1-3H3,(H,28,30). The van der Waals surface area contributed by atoms with Gasteiger partial charge in [0.05, 0.1) is 16.9 Å². The van der Waals surface area contributed by atoms with Crippen LogP contribution in [0.5, 0.6) is 5.88 Å². The summed E-state index contributed by atoms with van der Waals surface area (Å²) in [6.45, 7) is 5.34. The minimum Gasteiger partial charge on any atom is -0.494 e. The van der Waals surface area contributed by atoms with Crippen LogP contribution < -0.4 is 10.9 Å². The Hall–Kier alpha value is -4.19. The number of hydrogen-bond acceptors (Lipinski definition) is 4. The number of aromatic nitrogens is 1. The summed E-state index contributed by atoms with van der Waals surface area (Å²) in [6.07, 6.45) is 1.56. The number of pyridine rings is 1. The Morgan fingerprint density at radius 2 is 1.69 bits per heavy atom. The summed E-state index contributed by atoms with van der Waals surface area (Å²) in [7, 11) is 0. The second-order valence-corrected chi connectivity index (χ2v) is 7.70. The van der Waals surface area contributed by atoms with Gasteiger partial charge in [-0.2, -0.15) is 0 Å². The fraction of sp³-hybridized carbons (Fsp3) is 0.115. The number of nitrogens with zero attached hydrogens (tertiary/aromatic N) is 2. The molecule has 2 N–H and O–H groups in total. The SMILES string of the molecule is CC(=O)Nc1ccc(N=Cc2c(O)n(-c3ccc(C)cc3C)c(=O)c3ccccc23)cc1. The maximum atomic E-state index is 13.3. The van der Waals surface area contributed by atoms with Crippen molar-refractivity contribution in [1.82, 2.24) is 4.57 Å². The number of aliphatic imine (C=N–C) groups is 1. The van der Waals surface area contributed by atoms with Crippen molar-refractivity contribution in [2.75, 3.05) is 5.32 Å². The number of aromatic hydroxyl groups is 1. The molecule has 1 aromatic heterocycles. The number of anilines is 1. The zero-order valence-electron chi connectivity index (χ0n) is 18.1. The lowest BCUT2D eigenvalue weighted by atomic mass is 10.1. The van der Waals surface area contributed by atoms with E-state index in [2.05, 4.69) is 10.3 Å². The smallest absolute Gasteiger partial charge is 0.265 e. The molecule has 0 aliphatic rings. The number of fused-ring (bicyclic) bond motifs is 1. The van der Waals surface area contributed by atoms with E-state index in [1.165, 1.54) is 11.5 Å². The molecule has 3 aromatic carbocycles. The Morgan fingerprint density at radius 3 is 2.34 bits per heavy atom. The molecule has 1 amide bonds. The highest BCUT2D eigenvalue weighted by molar-refractivity contribution is 6.02. The molecule has 0 atom stereocenters. The molecule has 32 heavy (non-hydrogen) atoms. The first-order valence-corrected chi connectivity index (χ1v) is 10.2. The molecule has 4 aromatic rings. The van der Waals surface area contributed by atoms with Crippen LogP contribution >= 0.6 is 0 Å². The quantitative estimate of drug-likeness (QED) is 0.450. The molecule has 0 saturated heterocycles. The number of rotatable bonds is 4. The molecule has 160 valence electrons. The van der Waals surface area contributed by atoms with E-state index in [1.807, 2.05) is 38.1 Å². The van der Waals surface area contributed by atoms with E-state index in [9.17, 15) is 14.7 Å². The number of nitrogens with one attached hydrogen (secondary N) is 1. The Balaban J connectivity index is 1.86. The molecule has 0 unspecified atom stereocenters. The van der Waals surface area contributed by atoms with Gasteiger partial charge in [0.25, 0.3) is 5.56 Å². The van der Waals surface area contributed by atoms with Gasteiger partial charge in [0.1, 0.15) is 0 Å². The minimum atomic E-state index is -0.290. The third-order valence-corrected chi connectivity index (χ3v) is 5.23. The van der Waals surface area contributed by atoms with Crippen LogP contribution in [-0.2, 0) is 4.79 Å². The van der Waals surface area contributed by atoms with Gasteiger partial charge in [0.2, 0.25) is 11.8 Å². The number of carbonyl (C=O) groups excluding carboxylic acids is 1. The third kappa shape index (κ3) is 4.03. The second kappa shape index (κ2) is 8.51. The molecule has 6 heteroatoms. The molecular formula is C26H23N3O3. The highest BCUT2D eigenvalue weighted by Gasteiger charge is 2.17. The first-order chi connectivity index (χ1) is 15.3. The molecule has 0 saturated carbocycles. The van der Waals surface area contributed by atoms with Gasteiger partial charge >= 0.3 is 0 Å². The second-order valence-electron chi connectivity index (χ2n) is 7.70. The lowest BCUT2D eigenvalue weighted by Crippen LogP contribution is -2.21. The van der Waals surface area contributed by atoms with E-state index in [0.717, 1.165) is 11.1 Å². The number of hydrogen-bond donors (Lipinski definition) is 2. The summed E-state index contributed by atoms with van der Waals surface area (Å²) in [5.41, 5.74) is 4.06. The van der Waals surface area contributed by atoms with Gasteiger partial charge in [0, 0.05) is 29.6 Å². The molecular weight excluding hydrogens is 402 g/mol. The topological polar surface area (TPSA) is 83.7 Å². The van der Waals surface area contributed by atoms with Crippen molar-refractivity contribution in [1.29, 1.82) is 0 Å². The first kappa shape index (κ1) is 21.1. The van der Waals surface area contributed by atoms with Gasteiger partial charge in [-0.1, -0.05) is 35.9 Å². The van der Waals surface area contributed by atoms with E-state index in [-0.39, 0.29) is 17.3 Å². The third-order valence-electron chi connectivity index (χ3n) is 5.23. The van der Waals surface area contributed by atoms with Crippen LogP contribution in [0.1, 0.15) is 23.6 Å². The maximum absolute atomic E-state index is 13.3. The van der Waals surface area contributed by atoms with E-state index >= 15 is 0 Å². The van der Waals surface area contributed by atoms with E-state index < -0.39 is 0 Å². The van der Waals surface area contributed by atoms with Gasteiger partial charge < -0.3 is 10.4 Å². The Bertz CT molecular complexity index is 1420. The van der Waals surface area contributed by atoms with Crippen molar-refractivity contribution in [2.24, 2.45) is 4.99 Å². The summed E-state index contributed by atoms with van der Waals surface area (Å²) in [4.78, 5) is 29.0. The van der Waals surface area contributed by atoms with Gasteiger partial charge in [-0.15, -0.1) is 0 Å². The van der Waals surface area contributed by atoms with Gasteiger partial charge in [0.15, 0.2) is 0 Å². The summed E-state index contributed by atoms with van der Waals surface area (Å²) in [5, 5.41) is 15.0. The zero-order valence-corrected chi connectivity index (χ0v) is 18.1. The summed E-state index contributed by atoms with van der Waals surface area (Å²) >= 11 is 0. The molecule has 0 radical (unpaired) electrons. The first-order valence-electron chi connectivity index (χ1n) is 10.2. The van der Waals surface area contributed by atoms with Crippen LogP contribution in [0.15, 0.2) is 76.5 Å². The zero-order chi connectivity index (χ0) is 22.8. The largest absolute Gasteiger partial charge is 0.494 e. The van der Waals surface area contributed by atoms with Gasteiger partial charge in [-0.25, -0.2) is 4.57 Å². The Morgan fingerprint density at radius 1 is 1.00 bits per heavy atom. The lowest BCUT2D eigenvalue weighted by molar-refractivity contribution is -0.114. The van der Waals surface area contributed by atoms with E-state index in [4.69, 9.17) is 0 Å². The molecule has 4 rings (SSSR count). The molecule has 0 aliphatic heterocycles. The van der Waals surface area contributed by atoms with Crippen molar-refractivity contribution in [3.05, 3.63) is 93.8 Å². The van der Waals surface area contributed by atoms with Crippen LogP contribution in [-0.4, -0.2) is 21.8 Å². The molecule has 0 fully saturated rings. The number of carbonyl (C=O) groups is 1. The normalized spacial score (nSPS) is 11.2. The Kier molecular flexibility index (Phi) is 5.60. The van der Waals surface area contributed by atoms with Gasteiger partial charge in [-0.05, 0) is 55.8 Å². The van der Waals surface area contributed by atoms with Crippen molar-refractivity contribution < 1.29 is 9.90 Å². The number of amides is 1. The van der Waals surface area contributed by atoms with Crippen LogP contribution in [0.25, 0.3) is 16.5 Å². The highest BCUT2D eigenvalue weighted by Crippen LogP contribution is 2.28. The predicted molar refractivity (Wildman–Crippen MR) is 129 cm³/mol. The number of aryl methyl sites for hydroxylation is 2. The van der Waals surface area contributed by atoms with E-state index in [0.29, 0.717) is 33.4 Å². The van der Waals surface area contributed by atoms with Gasteiger partial charge in [-0.3, -0.25) is 14.6 Å².